The number of amides is 1. The minimum Gasteiger partial charge on any atom is -0.465 e. The van der Waals surface area contributed by atoms with Crippen molar-refractivity contribution in [2.24, 2.45) is 0 Å². The summed E-state index contributed by atoms with van der Waals surface area (Å²) in [5, 5.41) is 9.08. The number of nitrogens with zero attached hydrogens (tertiary/aromatic N) is 1. The maximum absolute atomic E-state index is 11.1. The molecule has 78 valence electrons. The van der Waals surface area contributed by atoms with E-state index in [9.17, 15) is 4.79 Å². The molecule has 0 aliphatic heterocycles. The largest absolute Gasteiger partial charge is 0.465 e. The minimum atomic E-state index is -0.994. The summed E-state index contributed by atoms with van der Waals surface area (Å²) in [6.07, 6.45) is 1.20. The Morgan fingerprint density at radius 2 is 2.29 bits per heavy atom. The smallest absolute Gasteiger partial charge is 0.414 e. The molecule has 0 aliphatic carbocycles. The molecule has 1 aromatic rings. The maximum atomic E-state index is 11.1. The topological polar surface area (TPSA) is 53.7 Å². The van der Waals surface area contributed by atoms with Gasteiger partial charge >= 0.3 is 6.09 Å². The zero-order chi connectivity index (χ0) is 10.8. The summed E-state index contributed by atoms with van der Waals surface area (Å²) < 4.78 is 5.09. The van der Waals surface area contributed by atoms with Crippen LogP contribution in [0, 0.1) is 0 Å². The van der Waals surface area contributed by atoms with E-state index in [0.29, 0.717) is 5.88 Å². The van der Waals surface area contributed by atoms with Gasteiger partial charge in [-0.15, -0.1) is 0 Å². The van der Waals surface area contributed by atoms with Gasteiger partial charge in [0.25, 0.3) is 0 Å². The first-order valence-electron chi connectivity index (χ1n) is 4.55. The molecule has 0 unspecified atom stereocenters. The lowest BCUT2D eigenvalue weighted by atomic mass is 10.00. The zero-order valence-electron chi connectivity index (χ0n) is 8.65. The Kier molecular flexibility index (Phi) is 2.84. The average Bonchev–Trinajstić information content (AvgIpc) is 2.56. The van der Waals surface area contributed by atoms with Crippen LogP contribution in [0.1, 0.15) is 27.2 Å². The highest BCUT2D eigenvalue weighted by Gasteiger charge is 2.32. The SMILES string of the molecule is CCC(C)(C)N(C(=O)O)c1ccco1. The number of carbonyl (C=O) groups is 1. The van der Waals surface area contributed by atoms with Gasteiger partial charge in [-0.25, -0.2) is 9.69 Å². The monoisotopic (exact) mass is 197 g/mol. The lowest BCUT2D eigenvalue weighted by Crippen LogP contribution is -2.46. The molecule has 1 rings (SSSR count). The van der Waals surface area contributed by atoms with E-state index < -0.39 is 11.6 Å². The van der Waals surface area contributed by atoms with Crippen molar-refractivity contribution in [3.8, 4) is 0 Å². The second-order valence-corrected chi connectivity index (χ2v) is 3.74. The lowest BCUT2D eigenvalue weighted by Gasteiger charge is -2.33. The van der Waals surface area contributed by atoms with Crippen molar-refractivity contribution in [1.82, 2.24) is 0 Å². The molecule has 0 atom stereocenters. The van der Waals surface area contributed by atoms with Gasteiger partial charge in [-0.1, -0.05) is 6.92 Å². The van der Waals surface area contributed by atoms with Gasteiger partial charge in [-0.2, -0.15) is 0 Å². The fourth-order valence-electron chi connectivity index (χ4n) is 1.21. The summed E-state index contributed by atoms with van der Waals surface area (Å²) in [5.41, 5.74) is -0.455. The van der Waals surface area contributed by atoms with Crippen LogP contribution in [0.4, 0.5) is 10.7 Å². The van der Waals surface area contributed by atoms with Crippen LogP contribution in [0.3, 0.4) is 0 Å². The van der Waals surface area contributed by atoms with Crippen LogP contribution in [-0.4, -0.2) is 16.7 Å². The standard InChI is InChI=1S/C10H15NO3/c1-4-10(2,3)11(9(12)13)8-6-5-7-14-8/h5-7H,4H2,1-3H3,(H,12,13). The second kappa shape index (κ2) is 3.74. The van der Waals surface area contributed by atoms with E-state index in [0.717, 1.165) is 6.42 Å². The third-order valence-electron chi connectivity index (χ3n) is 2.39. The van der Waals surface area contributed by atoms with E-state index in [1.165, 1.54) is 11.2 Å². The number of rotatable bonds is 3. The van der Waals surface area contributed by atoms with Crippen LogP contribution in [-0.2, 0) is 0 Å². The molecule has 1 heterocycles. The molecule has 0 radical (unpaired) electrons. The van der Waals surface area contributed by atoms with Gasteiger partial charge in [0, 0.05) is 11.6 Å². The molecular formula is C10H15NO3. The lowest BCUT2D eigenvalue weighted by molar-refractivity contribution is 0.191. The van der Waals surface area contributed by atoms with Crippen LogP contribution >= 0.6 is 0 Å². The van der Waals surface area contributed by atoms with Gasteiger partial charge in [0.15, 0.2) is 0 Å². The predicted molar refractivity (Wildman–Crippen MR) is 53.6 cm³/mol. The van der Waals surface area contributed by atoms with Crippen molar-refractivity contribution >= 4 is 12.0 Å². The Morgan fingerprint density at radius 3 is 2.64 bits per heavy atom. The molecule has 0 saturated heterocycles. The maximum Gasteiger partial charge on any atom is 0.414 e. The van der Waals surface area contributed by atoms with E-state index in [-0.39, 0.29) is 0 Å². The fraction of sp³-hybridized carbons (Fsp3) is 0.500. The average molecular weight is 197 g/mol. The van der Waals surface area contributed by atoms with Crippen LogP contribution in [0.5, 0.6) is 0 Å². The Labute approximate surface area is 83.1 Å². The van der Waals surface area contributed by atoms with Crippen molar-refractivity contribution in [3.63, 3.8) is 0 Å². The van der Waals surface area contributed by atoms with E-state index in [2.05, 4.69) is 0 Å². The third-order valence-corrected chi connectivity index (χ3v) is 2.39. The summed E-state index contributed by atoms with van der Waals surface area (Å²) in [6.45, 7) is 5.67. The Hall–Kier alpha value is -1.45. The highest BCUT2D eigenvalue weighted by Crippen LogP contribution is 2.26. The molecule has 0 fully saturated rings. The molecule has 14 heavy (non-hydrogen) atoms. The van der Waals surface area contributed by atoms with E-state index >= 15 is 0 Å². The molecule has 4 nitrogen and oxygen atoms in total. The first-order valence-corrected chi connectivity index (χ1v) is 4.55. The number of hydrogen-bond acceptors (Lipinski definition) is 2. The van der Waals surface area contributed by atoms with E-state index in [1.54, 1.807) is 12.1 Å². The quantitative estimate of drug-likeness (QED) is 0.810. The highest BCUT2D eigenvalue weighted by molar-refractivity contribution is 5.85. The molecule has 0 bridgehead atoms. The highest BCUT2D eigenvalue weighted by atomic mass is 16.4. The van der Waals surface area contributed by atoms with Crippen molar-refractivity contribution in [3.05, 3.63) is 18.4 Å². The summed E-state index contributed by atoms with van der Waals surface area (Å²) in [6, 6.07) is 3.32. The van der Waals surface area contributed by atoms with Gasteiger partial charge < -0.3 is 9.52 Å². The van der Waals surface area contributed by atoms with Crippen molar-refractivity contribution in [1.29, 1.82) is 0 Å². The van der Waals surface area contributed by atoms with Gasteiger partial charge in [-0.3, -0.25) is 0 Å². The minimum absolute atomic E-state index is 0.365. The Bertz CT molecular complexity index is 303. The molecule has 1 aromatic heterocycles. The molecular weight excluding hydrogens is 182 g/mol. The van der Waals surface area contributed by atoms with Crippen LogP contribution in [0.25, 0.3) is 0 Å². The van der Waals surface area contributed by atoms with E-state index in [1.807, 2.05) is 20.8 Å². The molecule has 1 amide bonds. The fourth-order valence-corrected chi connectivity index (χ4v) is 1.21. The van der Waals surface area contributed by atoms with E-state index in [4.69, 9.17) is 9.52 Å². The Balaban J connectivity index is 3.03. The number of furan rings is 1. The number of anilines is 1. The van der Waals surface area contributed by atoms with Gasteiger partial charge in [0.1, 0.15) is 0 Å². The van der Waals surface area contributed by atoms with Crippen LogP contribution in [0.2, 0.25) is 0 Å². The molecule has 0 aromatic carbocycles. The van der Waals surface area contributed by atoms with Crippen molar-refractivity contribution < 1.29 is 14.3 Å². The Morgan fingerprint density at radius 1 is 1.64 bits per heavy atom. The number of carboxylic acid groups (broad SMARTS) is 1. The van der Waals surface area contributed by atoms with Gasteiger partial charge in [-0.05, 0) is 26.3 Å². The summed E-state index contributed by atoms with van der Waals surface area (Å²) in [4.78, 5) is 12.3. The third kappa shape index (κ3) is 1.89. The van der Waals surface area contributed by atoms with Crippen molar-refractivity contribution in [2.75, 3.05) is 4.90 Å². The second-order valence-electron chi connectivity index (χ2n) is 3.74. The van der Waals surface area contributed by atoms with Crippen LogP contribution in [0.15, 0.2) is 22.8 Å². The summed E-state index contributed by atoms with van der Waals surface area (Å²) >= 11 is 0. The first kappa shape index (κ1) is 10.6. The molecule has 0 spiro atoms. The number of hydrogen-bond donors (Lipinski definition) is 1. The zero-order valence-corrected chi connectivity index (χ0v) is 8.65. The molecule has 1 N–H and O–H groups in total. The molecule has 0 aliphatic rings. The van der Waals surface area contributed by atoms with Crippen molar-refractivity contribution in [2.45, 2.75) is 32.7 Å². The van der Waals surface area contributed by atoms with Crippen LogP contribution < -0.4 is 4.90 Å². The normalized spacial score (nSPS) is 11.4. The first-order chi connectivity index (χ1) is 6.49. The summed E-state index contributed by atoms with van der Waals surface area (Å²) in [7, 11) is 0. The van der Waals surface area contributed by atoms with Gasteiger partial charge in [0.2, 0.25) is 5.88 Å². The predicted octanol–water partition coefficient (Wildman–Crippen LogP) is 2.95. The summed E-state index contributed by atoms with van der Waals surface area (Å²) in [5.74, 6) is 0.365. The molecule has 4 heteroatoms. The van der Waals surface area contributed by atoms with Gasteiger partial charge in [0.05, 0.1) is 6.26 Å². The molecule has 0 saturated carbocycles.